The summed E-state index contributed by atoms with van der Waals surface area (Å²) in [6, 6.07) is 19.5. The predicted molar refractivity (Wildman–Crippen MR) is 138 cm³/mol. The van der Waals surface area contributed by atoms with Gasteiger partial charge in [-0.25, -0.2) is 0 Å². The van der Waals surface area contributed by atoms with Crippen LogP contribution in [0.1, 0.15) is 82.7 Å². The van der Waals surface area contributed by atoms with Crippen molar-refractivity contribution >= 4 is 28.4 Å². The van der Waals surface area contributed by atoms with E-state index in [1.165, 1.54) is 16.7 Å². The first-order valence-corrected chi connectivity index (χ1v) is 11.8. The lowest BCUT2D eigenvalue weighted by Gasteiger charge is -2.18. The lowest BCUT2D eigenvalue weighted by molar-refractivity contribution is 0.0990. The zero-order chi connectivity index (χ0) is 24.1. The largest absolute Gasteiger partial charge is 0.457 e. The third-order valence-electron chi connectivity index (χ3n) is 6.79. The number of rotatable bonds is 4. The Bertz CT molecular complexity index is 1410. The summed E-state index contributed by atoms with van der Waals surface area (Å²) >= 11 is 0. The number of hydrogen-bond donors (Lipinski definition) is 0. The Morgan fingerprint density at radius 1 is 0.735 bits per heavy atom. The summed E-state index contributed by atoms with van der Waals surface area (Å²) in [5.41, 5.74) is 6.03. The zero-order valence-corrected chi connectivity index (χ0v) is 20.2. The van der Waals surface area contributed by atoms with Gasteiger partial charge in [0.2, 0.25) is 0 Å². The summed E-state index contributed by atoms with van der Waals surface area (Å²) in [6.07, 6.45) is 1.58. The summed E-state index contributed by atoms with van der Waals surface area (Å²) in [5.74, 6) is 1.54. The second-order valence-electron chi connectivity index (χ2n) is 9.75. The standard InChI is InChI=1S/C31H28O3/c1-17(2)24-14-22(15-25(18(3)4)19(24)5)29-11-10-23(34-29)16-28-30(32)26-12-20-8-6-7-9-21(20)13-27(26)31(28)33/h6-18H,1-5H3. The van der Waals surface area contributed by atoms with Gasteiger partial charge in [0.05, 0.1) is 5.57 Å². The van der Waals surface area contributed by atoms with Gasteiger partial charge in [0.1, 0.15) is 11.5 Å². The molecule has 0 aliphatic heterocycles. The van der Waals surface area contributed by atoms with Gasteiger partial charge in [-0.05, 0) is 88.7 Å². The molecule has 170 valence electrons. The monoisotopic (exact) mass is 448 g/mol. The highest BCUT2D eigenvalue weighted by Gasteiger charge is 2.33. The maximum atomic E-state index is 13.1. The fraction of sp³-hybridized carbons (Fsp3) is 0.226. The van der Waals surface area contributed by atoms with Crippen molar-refractivity contribution in [3.63, 3.8) is 0 Å². The van der Waals surface area contributed by atoms with E-state index in [9.17, 15) is 9.59 Å². The van der Waals surface area contributed by atoms with E-state index in [2.05, 4.69) is 46.8 Å². The molecular formula is C31H28O3. The van der Waals surface area contributed by atoms with Crippen LogP contribution in [0.5, 0.6) is 0 Å². The van der Waals surface area contributed by atoms with E-state index in [4.69, 9.17) is 4.42 Å². The van der Waals surface area contributed by atoms with Gasteiger partial charge in [-0.1, -0.05) is 52.0 Å². The van der Waals surface area contributed by atoms with E-state index < -0.39 is 0 Å². The molecule has 1 heterocycles. The molecule has 4 aromatic rings. The van der Waals surface area contributed by atoms with E-state index in [1.807, 2.05) is 48.5 Å². The lowest BCUT2D eigenvalue weighted by Crippen LogP contribution is -2.00. The second-order valence-corrected chi connectivity index (χ2v) is 9.75. The van der Waals surface area contributed by atoms with Crippen LogP contribution in [0.2, 0.25) is 0 Å². The highest BCUT2D eigenvalue weighted by atomic mass is 16.3. The molecule has 0 atom stereocenters. The van der Waals surface area contributed by atoms with Crippen LogP contribution in [-0.4, -0.2) is 11.6 Å². The Hall–Kier alpha value is -3.72. The minimum Gasteiger partial charge on any atom is -0.457 e. The van der Waals surface area contributed by atoms with Crippen LogP contribution in [0.3, 0.4) is 0 Å². The normalized spacial score (nSPS) is 13.4. The number of Topliss-reactive ketones (excluding diaryl/α,β-unsaturated/α-hetero) is 2. The molecule has 0 saturated carbocycles. The number of allylic oxidation sites excluding steroid dienone is 1. The van der Waals surface area contributed by atoms with Gasteiger partial charge in [0.15, 0.2) is 11.6 Å². The van der Waals surface area contributed by atoms with Crippen LogP contribution < -0.4 is 0 Å². The van der Waals surface area contributed by atoms with Gasteiger partial charge in [0, 0.05) is 16.7 Å². The highest BCUT2D eigenvalue weighted by molar-refractivity contribution is 6.42. The molecule has 0 N–H and O–H groups in total. The first kappa shape index (κ1) is 22.1. The fourth-order valence-corrected chi connectivity index (χ4v) is 4.97. The van der Waals surface area contributed by atoms with Crippen molar-refractivity contribution in [2.45, 2.75) is 46.5 Å². The van der Waals surface area contributed by atoms with Crippen molar-refractivity contribution < 1.29 is 14.0 Å². The summed E-state index contributed by atoms with van der Waals surface area (Å²) in [5, 5.41) is 1.90. The Kier molecular flexibility index (Phi) is 5.36. The van der Waals surface area contributed by atoms with Crippen molar-refractivity contribution in [1.82, 2.24) is 0 Å². The minimum atomic E-state index is -0.247. The first-order chi connectivity index (χ1) is 16.2. The van der Waals surface area contributed by atoms with Crippen molar-refractivity contribution in [2.75, 3.05) is 0 Å². The van der Waals surface area contributed by atoms with Crippen LogP contribution in [0.4, 0.5) is 0 Å². The molecule has 5 rings (SSSR count). The van der Waals surface area contributed by atoms with E-state index in [-0.39, 0.29) is 17.1 Å². The zero-order valence-electron chi connectivity index (χ0n) is 20.2. The van der Waals surface area contributed by atoms with E-state index in [0.29, 0.717) is 28.7 Å². The van der Waals surface area contributed by atoms with Crippen molar-refractivity contribution in [1.29, 1.82) is 0 Å². The SMILES string of the molecule is Cc1c(C(C)C)cc(-c2ccc(C=C3C(=O)c4cc5ccccc5cc4C3=O)o2)cc1C(C)C. The topological polar surface area (TPSA) is 47.3 Å². The van der Waals surface area contributed by atoms with Gasteiger partial charge in [0.25, 0.3) is 0 Å². The molecule has 3 aromatic carbocycles. The number of hydrogen-bond acceptors (Lipinski definition) is 3. The Labute approximate surface area is 200 Å². The summed E-state index contributed by atoms with van der Waals surface area (Å²) in [7, 11) is 0. The van der Waals surface area contributed by atoms with Gasteiger partial charge < -0.3 is 4.42 Å². The highest BCUT2D eigenvalue weighted by Crippen LogP contribution is 2.35. The molecule has 3 heteroatoms. The van der Waals surface area contributed by atoms with Crippen molar-refractivity contribution in [3.8, 4) is 11.3 Å². The van der Waals surface area contributed by atoms with Crippen molar-refractivity contribution in [2.24, 2.45) is 0 Å². The number of furan rings is 1. The maximum absolute atomic E-state index is 13.1. The molecule has 0 amide bonds. The Balaban J connectivity index is 1.53. The summed E-state index contributed by atoms with van der Waals surface area (Å²) in [4.78, 5) is 26.2. The number of fused-ring (bicyclic) bond motifs is 2. The smallest absolute Gasteiger partial charge is 0.197 e. The lowest BCUT2D eigenvalue weighted by atomic mass is 9.87. The van der Waals surface area contributed by atoms with Crippen LogP contribution in [0, 0.1) is 6.92 Å². The molecule has 0 unspecified atom stereocenters. The van der Waals surface area contributed by atoms with Gasteiger partial charge in [-0.15, -0.1) is 0 Å². The maximum Gasteiger partial charge on any atom is 0.197 e. The number of ketones is 2. The molecule has 34 heavy (non-hydrogen) atoms. The van der Waals surface area contributed by atoms with Gasteiger partial charge in [-0.2, -0.15) is 0 Å². The molecule has 0 radical (unpaired) electrons. The van der Waals surface area contributed by atoms with Crippen LogP contribution >= 0.6 is 0 Å². The van der Waals surface area contributed by atoms with Gasteiger partial charge in [-0.3, -0.25) is 9.59 Å². The third kappa shape index (κ3) is 3.62. The van der Waals surface area contributed by atoms with E-state index in [0.717, 1.165) is 22.1 Å². The summed E-state index contributed by atoms with van der Waals surface area (Å²) in [6.45, 7) is 11.0. The average molecular weight is 449 g/mol. The van der Waals surface area contributed by atoms with Crippen LogP contribution in [0.15, 0.2) is 70.7 Å². The molecule has 0 spiro atoms. The number of carbonyl (C=O) groups excluding carboxylic acids is 2. The van der Waals surface area contributed by atoms with Crippen LogP contribution in [-0.2, 0) is 0 Å². The first-order valence-electron chi connectivity index (χ1n) is 11.8. The molecule has 3 nitrogen and oxygen atoms in total. The molecule has 1 aliphatic rings. The molecule has 1 aliphatic carbocycles. The molecule has 0 saturated heterocycles. The fourth-order valence-electron chi connectivity index (χ4n) is 4.97. The van der Waals surface area contributed by atoms with Gasteiger partial charge >= 0.3 is 0 Å². The molecule has 0 fully saturated rings. The second kappa shape index (κ2) is 8.25. The minimum absolute atomic E-state index is 0.154. The van der Waals surface area contributed by atoms with Crippen molar-refractivity contribution in [3.05, 3.63) is 99.8 Å². The number of carbonyl (C=O) groups is 2. The Morgan fingerprint density at radius 3 is 1.76 bits per heavy atom. The Morgan fingerprint density at radius 2 is 1.26 bits per heavy atom. The molecule has 1 aromatic heterocycles. The van der Waals surface area contributed by atoms with E-state index >= 15 is 0 Å². The van der Waals surface area contributed by atoms with Crippen LogP contribution in [0.25, 0.3) is 28.2 Å². The quantitative estimate of drug-likeness (QED) is 0.234. The third-order valence-corrected chi connectivity index (χ3v) is 6.79. The predicted octanol–water partition coefficient (Wildman–Crippen LogP) is 8.12. The summed E-state index contributed by atoms with van der Waals surface area (Å²) < 4.78 is 6.13. The molecular weight excluding hydrogens is 420 g/mol. The van der Waals surface area contributed by atoms with E-state index in [1.54, 1.807) is 6.08 Å². The number of benzene rings is 3. The average Bonchev–Trinajstić information content (AvgIpc) is 3.37. The molecule has 0 bridgehead atoms.